The SMILES string of the molecule is CC(C)n1c(=O)sc2cc(NC(=O)COc3ccc(Cl)cc3)ccc21. The number of nitrogens with one attached hydrogen (secondary N) is 1. The second kappa shape index (κ2) is 7.29. The number of anilines is 1. The van der Waals surface area contributed by atoms with Crippen molar-refractivity contribution in [2.45, 2.75) is 19.9 Å². The second-order valence-corrected chi connectivity index (χ2v) is 7.23. The van der Waals surface area contributed by atoms with Crippen LogP contribution in [-0.2, 0) is 4.79 Å². The fourth-order valence-corrected chi connectivity index (χ4v) is 3.66. The molecule has 1 heterocycles. The van der Waals surface area contributed by atoms with Gasteiger partial charge >= 0.3 is 4.87 Å². The van der Waals surface area contributed by atoms with E-state index in [-0.39, 0.29) is 23.4 Å². The second-order valence-electron chi connectivity index (χ2n) is 5.80. The molecule has 0 spiro atoms. The average Bonchev–Trinajstić information content (AvgIpc) is 2.89. The molecule has 2 aromatic carbocycles. The van der Waals surface area contributed by atoms with Gasteiger partial charge in [-0.2, -0.15) is 0 Å². The van der Waals surface area contributed by atoms with Gasteiger partial charge < -0.3 is 10.1 Å². The summed E-state index contributed by atoms with van der Waals surface area (Å²) in [5.41, 5.74) is 1.51. The van der Waals surface area contributed by atoms with Crippen LogP contribution in [0.15, 0.2) is 47.3 Å². The zero-order valence-electron chi connectivity index (χ0n) is 13.8. The normalized spacial score (nSPS) is 11.0. The third-order valence-corrected chi connectivity index (χ3v) is 4.77. The molecule has 3 rings (SSSR count). The summed E-state index contributed by atoms with van der Waals surface area (Å²) in [6, 6.07) is 12.3. The summed E-state index contributed by atoms with van der Waals surface area (Å²) in [7, 11) is 0. The first-order valence-electron chi connectivity index (χ1n) is 7.77. The standard InChI is InChI=1S/C18H17ClN2O3S/c1-11(2)21-15-8-5-13(9-16(15)25-18(21)23)20-17(22)10-24-14-6-3-12(19)4-7-14/h3-9,11H,10H2,1-2H3,(H,20,22). The van der Waals surface area contributed by atoms with Crippen LogP contribution in [0.5, 0.6) is 5.75 Å². The van der Waals surface area contributed by atoms with E-state index in [1.165, 1.54) is 11.3 Å². The van der Waals surface area contributed by atoms with Crippen molar-refractivity contribution in [1.82, 2.24) is 4.57 Å². The van der Waals surface area contributed by atoms with E-state index < -0.39 is 0 Å². The van der Waals surface area contributed by atoms with Crippen molar-refractivity contribution >= 4 is 44.7 Å². The fourth-order valence-electron chi connectivity index (χ4n) is 2.48. The Morgan fingerprint density at radius 1 is 1.24 bits per heavy atom. The number of carbonyl (C=O) groups is 1. The van der Waals surface area contributed by atoms with Crippen molar-refractivity contribution < 1.29 is 9.53 Å². The summed E-state index contributed by atoms with van der Waals surface area (Å²) in [5.74, 6) is 0.298. The zero-order valence-corrected chi connectivity index (χ0v) is 15.4. The van der Waals surface area contributed by atoms with Crippen molar-refractivity contribution in [1.29, 1.82) is 0 Å². The van der Waals surface area contributed by atoms with Gasteiger partial charge in [-0.3, -0.25) is 14.2 Å². The van der Waals surface area contributed by atoms with E-state index >= 15 is 0 Å². The van der Waals surface area contributed by atoms with Crippen molar-refractivity contribution in [2.24, 2.45) is 0 Å². The number of nitrogens with zero attached hydrogens (tertiary/aromatic N) is 1. The van der Waals surface area contributed by atoms with E-state index in [0.717, 1.165) is 10.2 Å². The van der Waals surface area contributed by atoms with Gasteiger partial charge in [0.05, 0.1) is 10.2 Å². The Bertz CT molecular complexity index is 961. The van der Waals surface area contributed by atoms with Crippen LogP contribution in [0.25, 0.3) is 10.2 Å². The quantitative estimate of drug-likeness (QED) is 0.721. The molecule has 3 aromatic rings. The van der Waals surface area contributed by atoms with E-state index in [9.17, 15) is 9.59 Å². The third kappa shape index (κ3) is 4.03. The van der Waals surface area contributed by atoms with Crippen molar-refractivity contribution in [2.75, 3.05) is 11.9 Å². The van der Waals surface area contributed by atoms with Crippen LogP contribution in [0.4, 0.5) is 5.69 Å². The first-order chi connectivity index (χ1) is 11.9. The molecule has 0 saturated carbocycles. The molecule has 0 aliphatic rings. The van der Waals surface area contributed by atoms with E-state index in [1.54, 1.807) is 41.0 Å². The minimum atomic E-state index is -0.273. The van der Waals surface area contributed by atoms with Gasteiger partial charge in [0.2, 0.25) is 0 Å². The molecule has 0 aliphatic heterocycles. The monoisotopic (exact) mass is 376 g/mol. The van der Waals surface area contributed by atoms with Crippen LogP contribution in [0.1, 0.15) is 19.9 Å². The van der Waals surface area contributed by atoms with Crippen LogP contribution >= 0.6 is 22.9 Å². The van der Waals surface area contributed by atoms with Crippen molar-refractivity contribution in [3.63, 3.8) is 0 Å². The highest BCUT2D eigenvalue weighted by molar-refractivity contribution is 7.16. The number of benzene rings is 2. The van der Waals surface area contributed by atoms with Gasteiger partial charge in [0.1, 0.15) is 5.75 Å². The fraction of sp³-hybridized carbons (Fsp3) is 0.222. The lowest BCUT2D eigenvalue weighted by molar-refractivity contribution is -0.118. The molecule has 0 unspecified atom stereocenters. The zero-order chi connectivity index (χ0) is 18.0. The molecule has 0 fully saturated rings. The average molecular weight is 377 g/mol. The van der Waals surface area contributed by atoms with Gasteiger partial charge in [-0.1, -0.05) is 22.9 Å². The lowest BCUT2D eigenvalue weighted by Gasteiger charge is -2.09. The Morgan fingerprint density at radius 2 is 1.96 bits per heavy atom. The molecule has 0 aliphatic carbocycles. The van der Waals surface area contributed by atoms with Crippen molar-refractivity contribution in [3.05, 3.63) is 57.2 Å². The molecule has 1 aromatic heterocycles. The summed E-state index contributed by atoms with van der Waals surface area (Å²) in [6.07, 6.45) is 0. The number of rotatable bonds is 5. The molecule has 5 nitrogen and oxygen atoms in total. The molecule has 0 saturated heterocycles. The highest BCUT2D eigenvalue weighted by Crippen LogP contribution is 2.24. The van der Waals surface area contributed by atoms with E-state index in [1.807, 2.05) is 19.9 Å². The molecule has 0 bridgehead atoms. The van der Waals surface area contributed by atoms with Gasteiger partial charge in [0.15, 0.2) is 6.61 Å². The van der Waals surface area contributed by atoms with Gasteiger partial charge in [0, 0.05) is 16.8 Å². The lowest BCUT2D eigenvalue weighted by atomic mass is 10.2. The molecule has 130 valence electrons. The molecule has 0 atom stereocenters. The van der Waals surface area contributed by atoms with Crippen LogP contribution in [0.3, 0.4) is 0 Å². The molecule has 0 radical (unpaired) electrons. The van der Waals surface area contributed by atoms with E-state index in [0.29, 0.717) is 16.5 Å². The predicted octanol–water partition coefficient (Wildman–Crippen LogP) is 4.31. The Kier molecular flexibility index (Phi) is 5.11. The van der Waals surface area contributed by atoms with Crippen LogP contribution in [0.2, 0.25) is 5.02 Å². The Hall–Kier alpha value is -2.31. The highest BCUT2D eigenvalue weighted by atomic mass is 35.5. The number of carbonyl (C=O) groups excluding carboxylic acids is 1. The minimum absolute atomic E-state index is 0.000418. The largest absolute Gasteiger partial charge is 0.484 e. The van der Waals surface area contributed by atoms with Gasteiger partial charge in [-0.05, 0) is 56.3 Å². The number of hydrogen-bond acceptors (Lipinski definition) is 4. The van der Waals surface area contributed by atoms with Crippen LogP contribution in [0, 0.1) is 0 Å². The number of thiazole rings is 1. The number of aromatic nitrogens is 1. The van der Waals surface area contributed by atoms with Crippen LogP contribution < -0.4 is 14.9 Å². The summed E-state index contributed by atoms with van der Waals surface area (Å²) in [5, 5.41) is 3.39. The number of halogens is 1. The van der Waals surface area contributed by atoms with E-state index in [4.69, 9.17) is 16.3 Å². The topological polar surface area (TPSA) is 60.3 Å². The first kappa shape index (κ1) is 17.5. The Balaban J connectivity index is 1.69. The predicted molar refractivity (Wildman–Crippen MR) is 102 cm³/mol. The molecular formula is C18H17ClN2O3S. The maximum atomic E-state index is 12.1. The first-order valence-corrected chi connectivity index (χ1v) is 8.97. The minimum Gasteiger partial charge on any atom is -0.484 e. The van der Waals surface area contributed by atoms with Gasteiger partial charge in [-0.15, -0.1) is 0 Å². The molecular weight excluding hydrogens is 360 g/mol. The lowest BCUT2D eigenvalue weighted by Crippen LogP contribution is -2.20. The molecule has 25 heavy (non-hydrogen) atoms. The Labute approximate surface area is 153 Å². The molecule has 1 N–H and O–H groups in total. The van der Waals surface area contributed by atoms with Gasteiger partial charge in [0.25, 0.3) is 5.91 Å². The summed E-state index contributed by atoms with van der Waals surface area (Å²) in [6.45, 7) is 3.83. The third-order valence-electron chi connectivity index (χ3n) is 3.60. The number of fused-ring (bicyclic) bond motifs is 1. The molecule has 7 heteroatoms. The number of amides is 1. The van der Waals surface area contributed by atoms with Gasteiger partial charge in [-0.25, -0.2) is 0 Å². The number of ether oxygens (including phenoxy) is 1. The number of hydrogen-bond donors (Lipinski definition) is 1. The summed E-state index contributed by atoms with van der Waals surface area (Å²) < 4.78 is 8.00. The molecule has 1 amide bonds. The summed E-state index contributed by atoms with van der Waals surface area (Å²) >= 11 is 6.98. The Morgan fingerprint density at radius 3 is 2.64 bits per heavy atom. The maximum Gasteiger partial charge on any atom is 0.308 e. The smallest absolute Gasteiger partial charge is 0.308 e. The summed E-state index contributed by atoms with van der Waals surface area (Å²) in [4.78, 5) is 24.1. The van der Waals surface area contributed by atoms with Crippen molar-refractivity contribution in [3.8, 4) is 5.75 Å². The highest BCUT2D eigenvalue weighted by Gasteiger charge is 2.11. The van der Waals surface area contributed by atoms with Crippen LogP contribution in [-0.4, -0.2) is 17.1 Å². The van der Waals surface area contributed by atoms with E-state index in [2.05, 4.69) is 5.32 Å². The maximum absolute atomic E-state index is 12.1.